The van der Waals surface area contributed by atoms with Crippen LogP contribution in [0, 0.1) is 6.92 Å². The van der Waals surface area contributed by atoms with Crippen LogP contribution in [-0.2, 0) is 6.54 Å². The van der Waals surface area contributed by atoms with Gasteiger partial charge in [0.2, 0.25) is 6.54 Å². The summed E-state index contributed by atoms with van der Waals surface area (Å²) in [5.41, 5.74) is 6.95. The van der Waals surface area contributed by atoms with Crippen molar-refractivity contribution in [3.05, 3.63) is 65.1 Å². The molecule has 0 radical (unpaired) electrons. The van der Waals surface area contributed by atoms with Crippen molar-refractivity contribution < 1.29 is 4.68 Å². The molecule has 0 saturated carbocycles. The minimum absolute atomic E-state index is 0.495. The lowest BCUT2D eigenvalue weighted by Crippen LogP contribution is -2.37. The van der Waals surface area contributed by atoms with E-state index in [-0.39, 0.29) is 0 Å². The minimum atomic E-state index is 0.495. The maximum Gasteiger partial charge on any atom is 0.201 e. The second-order valence-electron chi connectivity index (χ2n) is 7.50. The Hall–Kier alpha value is -2.29. The van der Waals surface area contributed by atoms with Crippen LogP contribution >= 0.6 is 0 Å². The maximum absolute atomic E-state index is 2.48. The highest BCUT2D eigenvalue weighted by Crippen LogP contribution is 2.36. The van der Waals surface area contributed by atoms with E-state index in [0.717, 1.165) is 6.54 Å². The molecule has 124 valence electrons. The third-order valence-corrected chi connectivity index (χ3v) is 5.11. The first-order valence-electron chi connectivity index (χ1n) is 8.91. The van der Waals surface area contributed by atoms with Crippen LogP contribution in [-0.4, -0.2) is 9.25 Å². The zero-order valence-corrected chi connectivity index (χ0v) is 15.2. The number of benzene rings is 1. The van der Waals surface area contributed by atoms with Gasteiger partial charge in [0.05, 0.1) is 17.4 Å². The second kappa shape index (κ2) is 5.37. The lowest BCUT2D eigenvalue weighted by atomic mass is 9.92. The van der Waals surface area contributed by atoms with Gasteiger partial charge in [-0.15, -0.1) is 9.36 Å². The smallest absolute Gasteiger partial charge is 0.201 e. The Kier molecular flexibility index (Phi) is 3.41. The molecule has 3 aromatic rings. The van der Waals surface area contributed by atoms with E-state index in [1.165, 1.54) is 33.9 Å². The quantitative estimate of drug-likeness (QED) is 0.494. The topological polar surface area (TPSA) is 13.7 Å². The fraction of sp³-hybridized carbons (Fsp3) is 0.381. The first-order chi connectivity index (χ1) is 11.5. The Labute approximate surface area is 144 Å². The number of nitrogens with zero attached hydrogens (tertiary/aromatic N) is 3. The van der Waals surface area contributed by atoms with Gasteiger partial charge >= 0.3 is 0 Å². The van der Waals surface area contributed by atoms with Gasteiger partial charge in [0.1, 0.15) is 0 Å². The van der Waals surface area contributed by atoms with Crippen molar-refractivity contribution in [2.24, 2.45) is 0 Å². The first kappa shape index (κ1) is 15.3. The van der Waals surface area contributed by atoms with Crippen LogP contribution < -0.4 is 4.68 Å². The molecule has 0 unspecified atom stereocenters. The molecule has 1 aliphatic rings. The van der Waals surface area contributed by atoms with Gasteiger partial charge in [0, 0.05) is 11.8 Å². The Morgan fingerprint density at radius 1 is 1.00 bits per heavy atom. The van der Waals surface area contributed by atoms with Crippen molar-refractivity contribution in [1.29, 1.82) is 0 Å². The van der Waals surface area contributed by atoms with E-state index < -0.39 is 0 Å². The average Bonchev–Trinajstić information content (AvgIpc) is 3.17. The number of para-hydroxylation sites is 1. The highest BCUT2D eigenvalue weighted by atomic mass is 15.5. The van der Waals surface area contributed by atoms with Gasteiger partial charge in [-0.2, -0.15) is 0 Å². The van der Waals surface area contributed by atoms with Gasteiger partial charge in [-0.25, -0.2) is 0 Å². The van der Waals surface area contributed by atoms with E-state index in [9.17, 15) is 0 Å². The molecule has 3 nitrogen and oxygen atoms in total. The van der Waals surface area contributed by atoms with Gasteiger partial charge < -0.3 is 0 Å². The van der Waals surface area contributed by atoms with Crippen LogP contribution in [0.2, 0.25) is 0 Å². The van der Waals surface area contributed by atoms with E-state index >= 15 is 0 Å². The summed E-state index contributed by atoms with van der Waals surface area (Å²) in [5, 5.41) is 0. The van der Waals surface area contributed by atoms with Crippen LogP contribution in [0.4, 0.5) is 0 Å². The van der Waals surface area contributed by atoms with Gasteiger partial charge in [-0.05, 0) is 36.0 Å². The molecule has 4 rings (SSSR count). The van der Waals surface area contributed by atoms with E-state index in [4.69, 9.17) is 0 Å². The monoisotopic (exact) mass is 320 g/mol. The minimum Gasteiger partial charge on any atom is -0.295 e. The maximum atomic E-state index is 2.48. The molecule has 0 fully saturated rings. The number of aromatic nitrogens is 3. The normalized spacial score (nSPS) is 13.0. The zero-order chi connectivity index (χ0) is 17.0. The molecular formula is C21H26N3+. The molecule has 0 atom stereocenters. The summed E-state index contributed by atoms with van der Waals surface area (Å²) in [6.07, 6.45) is 4.31. The Bertz CT molecular complexity index is 883. The third kappa shape index (κ3) is 2.07. The lowest BCUT2D eigenvalue weighted by molar-refractivity contribution is -0.751. The van der Waals surface area contributed by atoms with Crippen molar-refractivity contribution in [1.82, 2.24) is 9.25 Å². The molecule has 0 saturated heterocycles. The summed E-state index contributed by atoms with van der Waals surface area (Å²) in [7, 11) is 0. The SMILES string of the molecule is Cc1cc2c(n1-c1c(C(C)C)cccc1C(C)C)-n1ccc[n+]1C2. The molecule has 1 aliphatic heterocycles. The van der Waals surface area contributed by atoms with E-state index in [1.54, 1.807) is 0 Å². The molecule has 0 N–H and O–H groups in total. The molecule has 0 spiro atoms. The van der Waals surface area contributed by atoms with E-state index in [1.807, 2.05) is 0 Å². The largest absolute Gasteiger partial charge is 0.295 e. The highest BCUT2D eigenvalue weighted by molar-refractivity contribution is 5.58. The Morgan fingerprint density at radius 3 is 2.29 bits per heavy atom. The summed E-state index contributed by atoms with van der Waals surface area (Å²) in [6, 6.07) is 11.2. The Morgan fingerprint density at radius 2 is 1.67 bits per heavy atom. The third-order valence-electron chi connectivity index (χ3n) is 5.11. The predicted molar refractivity (Wildman–Crippen MR) is 97.3 cm³/mol. The summed E-state index contributed by atoms with van der Waals surface area (Å²) in [4.78, 5) is 0. The first-order valence-corrected chi connectivity index (χ1v) is 8.91. The number of hydrogen-bond donors (Lipinski definition) is 0. The van der Waals surface area contributed by atoms with Crippen molar-refractivity contribution in [2.75, 3.05) is 0 Å². The number of fused-ring (bicyclic) bond motifs is 3. The number of aryl methyl sites for hydroxylation is 1. The summed E-state index contributed by atoms with van der Waals surface area (Å²) < 4.78 is 7.03. The van der Waals surface area contributed by atoms with E-state index in [0.29, 0.717) is 11.8 Å². The molecule has 3 heterocycles. The van der Waals surface area contributed by atoms with Gasteiger partial charge in [-0.1, -0.05) is 45.9 Å². The fourth-order valence-electron chi connectivity index (χ4n) is 3.98. The molecule has 1 aromatic carbocycles. The molecule has 24 heavy (non-hydrogen) atoms. The summed E-state index contributed by atoms with van der Waals surface area (Å²) in [5.74, 6) is 2.29. The highest BCUT2D eigenvalue weighted by Gasteiger charge is 2.31. The molecule has 2 aromatic heterocycles. The summed E-state index contributed by atoms with van der Waals surface area (Å²) >= 11 is 0. The molecule has 0 aliphatic carbocycles. The molecular weight excluding hydrogens is 294 g/mol. The lowest BCUT2D eigenvalue weighted by Gasteiger charge is -2.22. The molecule has 3 heteroatoms. The molecule has 0 amide bonds. The van der Waals surface area contributed by atoms with Crippen molar-refractivity contribution in [3.8, 4) is 11.5 Å². The number of rotatable bonds is 3. The number of hydrogen-bond acceptors (Lipinski definition) is 0. The second-order valence-corrected chi connectivity index (χ2v) is 7.50. The molecule has 0 bridgehead atoms. The van der Waals surface area contributed by atoms with Crippen LogP contribution in [0.15, 0.2) is 42.7 Å². The Balaban J connectivity index is 2.06. The van der Waals surface area contributed by atoms with Crippen LogP contribution in [0.5, 0.6) is 0 Å². The van der Waals surface area contributed by atoms with Gasteiger partial charge in [0.25, 0.3) is 0 Å². The van der Waals surface area contributed by atoms with E-state index in [2.05, 4.69) is 91.3 Å². The summed E-state index contributed by atoms with van der Waals surface area (Å²) in [6.45, 7) is 12.3. The fourth-order valence-corrected chi connectivity index (χ4v) is 3.98. The van der Waals surface area contributed by atoms with Crippen LogP contribution in [0.25, 0.3) is 11.5 Å². The zero-order valence-electron chi connectivity index (χ0n) is 15.2. The van der Waals surface area contributed by atoms with Gasteiger partial charge in [-0.3, -0.25) is 4.57 Å². The van der Waals surface area contributed by atoms with Crippen LogP contribution in [0.3, 0.4) is 0 Å². The van der Waals surface area contributed by atoms with Crippen molar-refractivity contribution >= 4 is 0 Å². The van der Waals surface area contributed by atoms with Gasteiger partial charge in [0.15, 0.2) is 12.0 Å². The van der Waals surface area contributed by atoms with Crippen molar-refractivity contribution in [2.45, 2.75) is 53.0 Å². The predicted octanol–water partition coefficient (Wildman–Crippen LogP) is 4.47. The standard InChI is InChI=1S/C21H26N3/c1-14(2)18-8-6-9-19(15(3)4)20(18)24-16(5)12-17-13-22-10-7-11-23(22)21(17)24/h6-12,14-15H,13H2,1-5H3/q+1. The van der Waals surface area contributed by atoms with Crippen molar-refractivity contribution in [3.63, 3.8) is 0 Å². The van der Waals surface area contributed by atoms with Crippen LogP contribution in [0.1, 0.15) is 61.9 Å². The average molecular weight is 320 g/mol.